The fraction of sp³-hybridized carbons (Fsp3) is 0.364. The third-order valence-corrected chi connectivity index (χ3v) is 2.07. The molecule has 98 valence electrons. The van der Waals surface area contributed by atoms with Gasteiger partial charge in [-0.25, -0.2) is 9.78 Å². The van der Waals surface area contributed by atoms with Gasteiger partial charge in [0.25, 0.3) is 5.91 Å². The number of rotatable bonds is 6. The predicted octanol–water partition coefficient (Wildman–Crippen LogP) is -0.344. The summed E-state index contributed by atoms with van der Waals surface area (Å²) in [6.45, 7) is 1.41. The zero-order chi connectivity index (χ0) is 13.5. The van der Waals surface area contributed by atoms with Crippen molar-refractivity contribution in [2.24, 2.45) is 0 Å². The molecule has 0 aromatic carbocycles. The second kappa shape index (κ2) is 6.55. The fourth-order valence-corrected chi connectivity index (χ4v) is 1.25. The highest BCUT2D eigenvalue weighted by Gasteiger charge is 2.22. The average Bonchev–Trinajstić information content (AvgIpc) is 2.36. The maximum absolute atomic E-state index is 11.8. The van der Waals surface area contributed by atoms with Gasteiger partial charge in [0, 0.05) is 6.20 Å². The largest absolute Gasteiger partial charge is 0.491 e. The predicted molar refractivity (Wildman–Crippen MR) is 61.4 cm³/mol. The van der Waals surface area contributed by atoms with Crippen LogP contribution in [0.1, 0.15) is 17.4 Å². The monoisotopic (exact) mass is 254 g/mol. The first-order chi connectivity index (χ1) is 8.60. The van der Waals surface area contributed by atoms with Gasteiger partial charge in [-0.3, -0.25) is 4.79 Å². The van der Waals surface area contributed by atoms with E-state index in [2.05, 4.69) is 10.3 Å². The number of aliphatic hydroxyl groups excluding tert-OH is 1. The lowest BCUT2D eigenvalue weighted by atomic mass is 10.2. The Bertz CT molecular complexity index is 435. The highest BCUT2D eigenvalue weighted by Crippen LogP contribution is 2.15. The Morgan fingerprint density at radius 1 is 1.56 bits per heavy atom. The van der Waals surface area contributed by atoms with E-state index >= 15 is 0 Å². The van der Waals surface area contributed by atoms with E-state index in [0.29, 0.717) is 6.61 Å². The van der Waals surface area contributed by atoms with Crippen LogP contribution in [0, 0.1) is 0 Å². The van der Waals surface area contributed by atoms with Crippen molar-refractivity contribution < 1.29 is 24.5 Å². The minimum atomic E-state index is -1.37. The van der Waals surface area contributed by atoms with Gasteiger partial charge in [-0.05, 0) is 19.1 Å². The van der Waals surface area contributed by atoms with Gasteiger partial charge in [-0.2, -0.15) is 0 Å². The average molecular weight is 254 g/mol. The molecule has 1 rings (SSSR count). The molecule has 1 heterocycles. The van der Waals surface area contributed by atoms with E-state index in [0.717, 1.165) is 0 Å². The Kier molecular flexibility index (Phi) is 5.06. The van der Waals surface area contributed by atoms with Crippen LogP contribution in [0.4, 0.5) is 0 Å². The second-order valence-electron chi connectivity index (χ2n) is 3.33. The molecule has 0 unspecified atom stereocenters. The number of hydrogen-bond donors (Lipinski definition) is 3. The molecule has 0 saturated carbocycles. The summed E-state index contributed by atoms with van der Waals surface area (Å²) in [6, 6.07) is 1.79. The molecule has 0 aliphatic rings. The number of amides is 1. The van der Waals surface area contributed by atoms with Crippen LogP contribution in [-0.4, -0.2) is 46.3 Å². The molecule has 1 atom stereocenters. The summed E-state index contributed by atoms with van der Waals surface area (Å²) in [5.41, 5.74) is -0.0148. The second-order valence-corrected chi connectivity index (χ2v) is 3.33. The van der Waals surface area contributed by atoms with Crippen LogP contribution in [0.2, 0.25) is 0 Å². The summed E-state index contributed by atoms with van der Waals surface area (Å²) >= 11 is 0. The number of carboxylic acid groups (broad SMARTS) is 1. The first-order valence-corrected chi connectivity index (χ1v) is 5.32. The fourth-order valence-electron chi connectivity index (χ4n) is 1.25. The number of pyridine rings is 1. The van der Waals surface area contributed by atoms with Crippen LogP contribution >= 0.6 is 0 Å². The third kappa shape index (κ3) is 3.42. The first-order valence-electron chi connectivity index (χ1n) is 5.32. The Morgan fingerprint density at radius 3 is 2.83 bits per heavy atom. The number of carbonyl (C=O) groups excluding carboxylic acids is 1. The van der Waals surface area contributed by atoms with Gasteiger partial charge in [0.05, 0.1) is 13.2 Å². The topological polar surface area (TPSA) is 109 Å². The molecule has 0 aliphatic carbocycles. The SMILES string of the molecule is CCOc1cccnc1C(=O)N[C@@H](CO)C(=O)O. The molecule has 7 heteroatoms. The van der Waals surface area contributed by atoms with E-state index in [-0.39, 0.29) is 11.4 Å². The van der Waals surface area contributed by atoms with Crippen molar-refractivity contribution in [2.75, 3.05) is 13.2 Å². The summed E-state index contributed by atoms with van der Waals surface area (Å²) in [4.78, 5) is 26.3. The number of nitrogens with one attached hydrogen (secondary N) is 1. The Morgan fingerprint density at radius 2 is 2.28 bits per heavy atom. The number of ether oxygens (including phenoxy) is 1. The highest BCUT2D eigenvalue weighted by molar-refractivity contribution is 5.97. The summed E-state index contributed by atoms with van der Waals surface area (Å²) in [5, 5.41) is 19.7. The molecule has 7 nitrogen and oxygen atoms in total. The van der Waals surface area contributed by atoms with Crippen molar-refractivity contribution in [3.05, 3.63) is 24.0 Å². The molecular weight excluding hydrogens is 240 g/mol. The lowest BCUT2D eigenvalue weighted by Gasteiger charge is -2.13. The number of carbonyl (C=O) groups is 2. The molecule has 0 radical (unpaired) electrons. The van der Waals surface area contributed by atoms with Gasteiger partial charge in [0.15, 0.2) is 17.5 Å². The first kappa shape index (κ1) is 13.9. The molecule has 3 N–H and O–H groups in total. The highest BCUT2D eigenvalue weighted by atomic mass is 16.5. The minimum absolute atomic E-state index is 0.0148. The van der Waals surface area contributed by atoms with Gasteiger partial charge < -0.3 is 20.3 Å². The summed E-state index contributed by atoms with van der Waals surface area (Å²) in [7, 11) is 0. The van der Waals surface area contributed by atoms with Gasteiger partial charge in [-0.15, -0.1) is 0 Å². The number of aromatic nitrogens is 1. The van der Waals surface area contributed by atoms with Crippen LogP contribution in [-0.2, 0) is 4.79 Å². The molecule has 0 spiro atoms. The lowest BCUT2D eigenvalue weighted by Crippen LogP contribution is -2.43. The molecule has 1 amide bonds. The molecule has 0 fully saturated rings. The van der Waals surface area contributed by atoms with Gasteiger partial charge in [0.2, 0.25) is 0 Å². The van der Waals surface area contributed by atoms with Crippen LogP contribution in [0.3, 0.4) is 0 Å². The van der Waals surface area contributed by atoms with Gasteiger partial charge in [0.1, 0.15) is 0 Å². The van der Waals surface area contributed by atoms with Crippen molar-refractivity contribution in [1.82, 2.24) is 10.3 Å². The van der Waals surface area contributed by atoms with Gasteiger partial charge >= 0.3 is 5.97 Å². The van der Waals surface area contributed by atoms with E-state index in [9.17, 15) is 9.59 Å². The summed E-state index contributed by atoms with van der Waals surface area (Å²) in [5.74, 6) is -1.76. The van der Waals surface area contributed by atoms with E-state index in [4.69, 9.17) is 14.9 Å². The number of aliphatic carboxylic acids is 1. The van der Waals surface area contributed by atoms with Crippen LogP contribution in [0.5, 0.6) is 5.75 Å². The maximum atomic E-state index is 11.8. The van der Waals surface area contributed by atoms with E-state index in [1.807, 2.05) is 0 Å². The standard InChI is InChI=1S/C11H14N2O5/c1-2-18-8-4-3-5-12-9(8)10(15)13-7(6-14)11(16)17/h3-5,7,14H,2,6H2,1H3,(H,13,15)(H,16,17)/t7-/m0/s1. The minimum Gasteiger partial charge on any atom is -0.491 e. The van der Waals surface area contributed by atoms with Crippen molar-refractivity contribution in [1.29, 1.82) is 0 Å². The Labute approximate surface area is 103 Å². The van der Waals surface area contributed by atoms with Crippen molar-refractivity contribution in [3.8, 4) is 5.75 Å². The third-order valence-electron chi connectivity index (χ3n) is 2.07. The molecule has 18 heavy (non-hydrogen) atoms. The Balaban J connectivity index is 2.86. The number of hydrogen-bond acceptors (Lipinski definition) is 5. The number of carboxylic acids is 1. The molecule has 1 aromatic heterocycles. The molecular formula is C11H14N2O5. The number of nitrogens with zero attached hydrogens (tertiary/aromatic N) is 1. The van der Waals surface area contributed by atoms with Crippen molar-refractivity contribution in [2.45, 2.75) is 13.0 Å². The van der Waals surface area contributed by atoms with Gasteiger partial charge in [-0.1, -0.05) is 0 Å². The number of aliphatic hydroxyl groups is 1. The van der Waals surface area contributed by atoms with E-state index in [1.54, 1.807) is 19.1 Å². The smallest absolute Gasteiger partial charge is 0.328 e. The normalized spacial score (nSPS) is 11.7. The quantitative estimate of drug-likeness (QED) is 0.640. The zero-order valence-corrected chi connectivity index (χ0v) is 9.79. The summed E-state index contributed by atoms with van der Waals surface area (Å²) in [6.07, 6.45) is 1.39. The molecule has 0 saturated heterocycles. The Hall–Kier alpha value is -2.15. The zero-order valence-electron chi connectivity index (χ0n) is 9.79. The summed E-state index contributed by atoms with van der Waals surface area (Å²) < 4.78 is 5.20. The molecule has 1 aromatic rings. The van der Waals surface area contributed by atoms with Crippen molar-refractivity contribution in [3.63, 3.8) is 0 Å². The van der Waals surface area contributed by atoms with Crippen LogP contribution in [0.25, 0.3) is 0 Å². The van der Waals surface area contributed by atoms with E-state index in [1.165, 1.54) is 6.20 Å². The van der Waals surface area contributed by atoms with Crippen LogP contribution in [0.15, 0.2) is 18.3 Å². The molecule has 0 bridgehead atoms. The van der Waals surface area contributed by atoms with Crippen molar-refractivity contribution >= 4 is 11.9 Å². The van der Waals surface area contributed by atoms with Crippen LogP contribution < -0.4 is 10.1 Å². The van der Waals surface area contributed by atoms with E-state index < -0.39 is 24.5 Å². The maximum Gasteiger partial charge on any atom is 0.328 e. The molecule has 0 aliphatic heterocycles. The lowest BCUT2D eigenvalue weighted by molar-refractivity contribution is -0.140.